The molecule has 0 aliphatic heterocycles. The third-order valence-electron chi connectivity index (χ3n) is 2.56. The van der Waals surface area contributed by atoms with Crippen LogP contribution in [-0.4, -0.2) is 19.5 Å². The van der Waals surface area contributed by atoms with Crippen molar-refractivity contribution < 1.29 is 18.3 Å². The summed E-state index contributed by atoms with van der Waals surface area (Å²) in [7, 11) is -3.71. The van der Waals surface area contributed by atoms with Gasteiger partial charge in [-0.3, -0.25) is 0 Å². The van der Waals surface area contributed by atoms with Gasteiger partial charge in [0.15, 0.2) is 0 Å². The van der Waals surface area contributed by atoms with Crippen molar-refractivity contribution in [3.8, 4) is 0 Å². The number of sulfone groups is 1. The molecule has 2 aromatic rings. The van der Waals surface area contributed by atoms with Crippen LogP contribution in [0.1, 0.15) is 10.4 Å². The molecule has 2 aromatic carbocycles. The van der Waals surface area contributed by atoms with Crippen molar-refractivity contribution in [3.05, 3.63) is 54.1 Å². The first kappa shape index (κ1) is 13.6. The lowest BCUT2D eigenvalue weighted by molar-refractivity contribution is 0.0693. The second-order valence-corrected chi connectivity index (χ2v) is 6.23. The summed E-state index contributed by atoms with van der Waals surface area (Å²) < 4.78 is 24.6. The van der Waals surface area contributed by atoms with Gasteiger partial charge < -0.3 is 5.11 Å². The van der Waals surface area contributed by atoms with Crippen molar-refractivity contribution in [1.29, 1.82) is 0 Å². The molecule has 0 unspecified atom stereocenters. The molecule has 0 amide bonds. The van der Waals surface area contributed by atoms with Crippen LogP contribution in [0.25, 0.3) is 0 Å². The average Bonchev–Trinajstić information content (AvgIpc) is 2.39. The minimum absolute atomic E-state index is 0.0612. The molecule has 0 fully saturated rings. The molecule has 2 rings (SSSR count). The number of carbonyl (C=O) groups is 1. The fourth-order valence-corrected chi connectivity index (χ4v) is 3.13. The Balaban J connectivity index is 2.60. The van der Waals surface area contributed by atoms with E-state index in [4.69, 9.17) is 5.11 Å². The normalized spacial score (nSPS) is 11.2. The van der Waals surface area contributed by atoms with Crippen molar-refractivity contribution in [1.82, 2.24) is 0 Å². The molecule has 6 heteroatoms. The third-order valence-corrected chi connectivity index (χ3v) is 4.72. The molecule has 0 heterocycles. The van der Waals surface area contributed by atoms with Gasteiger partial charge in [0.05, 0.1) is 15.4 Å². The van der Waals surface area contributed by atoms with Gasteiger partial charge in [0.25, 0.3) is 0 Å². The van der Waals surface area contributed by atoms with Gasteiger partial charge in [-0.25, -0.2) is 13.2 Å². The molecule has 0 spiro atoms. The maximum Gasteiger partial charge on any atom is 0.336 e. The molecule has 0 aliphatic carbocycles. The monoisotopic (exact) mass is 294 g/mol. The van der Waals surface area contributed by atoms with E-state index >= 15 is 0 Å². The molecule has 0 saturated carbocycles. The van der Waals surface area contributed by atoms with E-state index in [0.29, 0.717) is 0 Å². The highest BCUT2D eigenvalue weighted by Crippen LogP contribution is 2.24. The fourth-order valence-electron chi connectivity index (χ4n) is 1.59. The topological polar surface area (TPSA) is 71.4 Å². The van der Waals surface area contributed by atoms with Gasteiger partial charge in [-0.1, -0.05) is 18.2 Å². The lowest BCUT2D eigenvalue weighted by Crippen LogP contribution is -2.05. The molecular weight excluding hydrogens is 284 g/mol. The summed E-state index contributed by atoms with van der Waals surface area (Å²) in [4.78, 5) is 11.3. The lowest BCUT2D eigenvalue weighted by atomic mass is 10.2. The van der Waals surface area contributed by atoms with E-state index in [0.717, 1.165) is 6.07 Å². The number of carboxylic acids is 1. The summed E-state index contributed by atoms with van der Waals surface area (Å²) in [5.41, 5.74) is -0.139. The summed E-state index contributed by atoms with van der Waals surface area (Å²) in [6, 6.07) is 11.7. The molecule has 0 radical (unpaired) electrons. The zero-order valence-electron chi connectivity index (χ0n) is 9.65. The Morgan fingerprint density at radius 3 is 2.21 bits per heavy atom. The zero-order chi connectivity index (χ0) is 14.0. The lowest BCUT2D eigenvalue weighted by Gasteiger charge is -2.06. The van der Waals surface area contributed by atoms with E-state index in [2.05, 4.69) is 12.6 Å². The summed E-state index contributed by atoms with van der Waals surface area (Å²) in [6.45, 7) is 0. The van der Waals surface area contributed by atoms with Gasteiger partial charge in [0.2, 0.25) is 9.84 Å². The molecule has 0 saturated heterocycles. The Morgan fingerprint density at radius 1 is 1.00 bits per heavy atom. The van der Waals surface area contributed by atoms with Crippen molar-refractivity contribution in [3.63, 3.8) is 0 Å². The maximum atomic E-state index is 12.3. The number of benzene rings is 2. The van der Waals surface area contributed by atoms with E-state index < -0.39 is 15.8 Å². The van der Waals surface area contributed by atoms with E-state index in [1.165, 1.54) is 24.3 Å². The van der Waals surface area contributed by atoms with Crippen LogP contribution in [0, 0.1) is 0 Å². The van der Waals surface area contributed by atoms with Crippen LogP contribution in [0.15, 0.2) is 63.2 Å². The Bertz CT molecular complexity index is 722. The molecule has 0 bridgehead atoms. The standard InChI is InChI=1S/C13H10O4S2/c14-13(15)11-8-10(6-7-12(11)18)19(16,17)9-4-2-1-3-5-9/h1-8,18H,(H,14,15). The maximum absolute atomic E-state index is 12.3. The van der Waals surface area contributed by atoms with Gasteiger partial charge in [0.1, 0.15) is 0 Å². The Hall–Kier alpha value is -1.79. The van der Waals surface area contributed by atoms with Crippen LogP contribution in [0.2, 0.25) is 0 Å². The summed E-state index contributed by atoms with van der Waals surface area (Å²) in [6.07, 6.45) is 0. The predicted molar refractivity (Wildman–Crippen MR) is 72.5 cm³/mol. The summed E-state index contributed by atoms with van der Waals surface area (Å²) in [5.74, 6) is -1.21. The van der Waals surface area contributed by atoms with Gasteiger partial charge in [-0.2, -0.15) is 0 Å². The van der Waals surface area contributed by atoms with Crippen LogP contribution in [0.3, 0.4) is 0 Å². The molecule has 19 heavy (non-hydrogen) atoms. The van der Waals surface area contributed by atoms with Crippen molar-refractivity contribution >= 4 is 28.4 Å². The molecule has 4 nitrogen and oxygen atoms in total. The van der Waals surface area contributed by atoms with E-state index in [9.17, 15) is 13.2 Å². The number of aromatic carboxylic acids is 1. The summed E-state index contributed by atoms with van der Waals surface area (Å²) in [5, 5.41) is 8.98. The zero-order valence-corrected chi connectivity index (χ0v) is 11.4. The molecule has 0 aliphatic rings. The van der Waals surface area contributed by atoms with Gasteiger partial charge in [-0.05, 0) is 30.3 Å². The van der Waals surface area contributed by atoms with Gasteiger partial charge >= 0.3 is 5.97 Å². The fraction of sp³-hybridized carbons (Fsp3) is 0. The molecule has 98 valence electrons. The highest BCUT2D eigenvalue weighted by Gasteiger charge is 2.19. The minimum atomic E-state index is -3.71. The number of hydrogen-bond acceptors (Lipinski definition) is 4. The number of carboxylic acid groups (broad SMARTS) is 1. The molecular formula is C13H10O4S2. The Kier molecular flexibility index (Phi) is 3.64. The van der Waals surface area contributed by atoms with Crippen molar-refractivity contribution in [2.24, 2.45) is 0 Å². The largest absolute Gasteiger partial charge is 0.478 e. The van der Waals surface area contributed by atoms with Gasteiger partial charge in [0, 0.05) is 4.90 Å². The Morgan fingerprint density at radius 2 is 1.63 bits per heavy atom. The average molecular weight is 294 g/mol. The predicted octanol–water partition coefficient (Wildman–Crippen LogP) is 2.51. The molecule has 1 N–H and O–H groups in total. The van der Waals surface area contributed by atoms with Gasteiger partial charge in [-0.15, -0.1) is 12.6 Å². The first-order valence-corrected chi connectivity index (χ1v) is 7.22. The second kappa shape index (κ2) is 5.07. The SMILES string of the molecule is O=C(O)c1cc(S(=O)(=O)c2ccccc2)ccc1S. The second-order valence-electron chi connectivity index (χ2n) is 3.80. The summed E-state index contributed by atoms with van der Waals surface area (Å²) >= 11 is 3.99. The van der Waals surface area contributed by atoms with Crippen LogP contribution < -0.4 is 0 Å². The first-order valence-electron chi connectivity index (χ1n) is 5.29. The minimum Gasteiger partial charge on any atom is -0.478 e. The number of thiol groups is 1. The van der Waals surface area contributed by atoms with Crippen LogP contribution in [0.5, 0.6) is 0 Å². The Labute approximate surface area is 116 Å². The smallest absolute Gasteiger partial charge is 0.336 e. The van der Waals surface area contributed by atoms with Crippen molar-refractivity contribution in [2.75, 3.05) is 0 Å². The quantitative estimate of drug-likeness (QED) is 0.853. The highest BCUT2D eigenvalue weighted by molar-refractivity contribution is 7.91. The number of hydrogen-bond donors (Lipinski definition) is 2. The van der Waals surface area contributed by atoms with E-state index in [-0.39, 0.29) is 20.2 Å². The van der Waals surface area contributed by atoms with Crippen molar-refractivity contribution in [2.45, 2.75) is 14.7 Å². The first-order chi connectivity index (χ1) is 8.93. The molecule has 0 aromatic heterocycles. The van der Waals surface area contributed by atoms with Crippen LogP contribution in [0.4, 0.5) is 0 Å². The van der Waals surface area contributed by atoms with E-state index in [1.807, 2.05) is 0 Å². The van der Waals surface area contributed by atoms with Crippen LogP contribution >= 0.6 is 12.6 Å². The molecule has 0 atom stereocenters. The number of rotatable bonds is 3. The van der Waals surface area contributed by atoms with Crippen LogP contribution in [-0.2, 0) is 9.84 Å². The van der Waals surface area contributed by atoms with E-state index in [1.54, 1.807) is 18.2 Å². The highest BCUT2D eigenvalue weighted by atomic mass is 32.2. The third kappa shape index (κ3) is 2.64.